The zero-order valence-electron chi connectivity index (χ0n) is 7.25. The van der Waals surface area contributed by atoms with Gasteiger partial charge in [-0.15, -0.1) is 0 Å². The molecule has 0 saturated heterocycles. The molecule has 1 aromatic rings. The van der Waals surface area contributed by atoms with Crippen molar-refractivity contribution >= 4 is 23.2 Å². The van der Waals surface area contributed by atoms with Crippen molar-refractivity contribution in [3.8, 4) is 0 Å². The topological polar surface area (TPSA) is 0 Å². The first kappa shape index (κ1) is 9.88. The third-order valence-corrected chi connectivity index (χ3v) is 2.51. The Morgan fingerprint density at radius 1 is 1.08 bits per heavy atom. The van der Waals surface area contributed by atoms with Crippen LogP contribution in [0.4, 0.5) is 0 Å². The molecule has 0 unspecified atom stereocenters. The lowest BCUT2D eigenvalue weighted by Gasteiger charge is -2.05. The molecule has 0 atom stereocenters. The van der Waals surface area contributed by atoms with Crippen LogP contribution in [0.5, 0.6) is 0 Å². The number of hydrogen-bond acceptors (Lipinski definition) is 0. The molecular weight excluding hydrogens is 191 g/mol. The van der Waals surface area contributed by atoms with Gasteiger partial charge in [-0.05, 0) is 36.1 Å². The van der Waals surface area contributed by atoms with Crippen LogP contribution in [0, 0.1) is 6.07 Å². The second-order valence-electron chi connectivity index (χ2n) is 2.63. The number of halogens is 2. The van der Waals surface area contributed by atoms with E-state index in [0.29, 0.717) is 0 Å². The van der Waals surface area contributed by atoms with E-state index in [1.807, 2.05) is 0 Å². The van der Waals surface area contributed by atoms with Gasteiger partial charge in [0.2, 0.25) is 0 Å². The molecular formula is C10H11Cl2. The number of benzene rings is 1. The smallest absolute Gasteiger partial charge is 0.0459 e. The highest BCUT2D eigenvalue weighted by molar-refractivity contribution is 6.35. The second kappa shape index (κ2) is 4.15. The van der Waals surface area contributed by atoms with E-state index in [2.05, 4.69) is 19.9 Å². The first-order valence-electron chi connectivity index (χ1n) is 4.08. The van der Waals surface area contributed by atoms with Gasteiger partial charge in [0.15, 0.2) is 0 Å². The van der Waals surface area contributed by atoms with Crippen molar-refractivity contribution < 1.29 is 0 Å². The predicted octanol–water partition coefficient (Wildman–Crippen LogP) is 3.92. The Morgan fingerprint density at radius 2 is 1.50 bits per heavy atom. The van der Waals surface area contributed by atoms with E-state index in [4.69, 9.17) is 23.2 Å². The van der Waals surface area contributed by atoms with Gasteiger partial charge in [-0.2, -0.15) is 0 Å². The van der Waals surface area contributed by atoms with E-state index in [0.717, 1.165) is 34.0 Å². The Morgan fingerprint density at radius 3 is 1.83 bits per heavy atom. The van der Waals surface area contributed by atoms with E-state index < -0.39 is 0 Å². The molecule has 0 bridgehead atoms. The van der Waals surface area contributed by atoms with Crippen molar-refractivity contribution in [1.29, 1.82) is 0 Å². The van der Waals surface area contributed by atoms with E-state index in [1.54, 1.807) is 6.07 Å². The van der Waals surface area contributed by atoms with E-state index >= 15 is 0 Å². The molecule has 1 radical (unpaired) electrons. The SMILES string of the molecule is CCc1[c]c(CC)c(Cl)cc1Cl. The van der Waals surface area contributed by atoms with Crippen molar-refractivity contribution in [1.82, 2.24) is 0 Å². The quantitative estimate of drug-likeness (QED) is 0.681. The van der Waals surface area contributed by atoms with Gasteiger partial charge in [-0.3, -0.25) is 0 Å². The lowest BCUT2D eigenvalue weighted by Crippen LogP contribution is -1.89. The summed E-state index contributed by atoms with van der Waals surface area (Å²) in [6.45, 7) is 4.12. The van der Waals surface area contributed by atoms with Crippen LogP contribution in [0.25, 0.3) is 0 Å². The first-order chi connectivity index (χ1) is 5.69. The molecule has 0 N–H and O–H groups in total. The minimum absolute atomic E-state index is 0.722. The van der Waals surface area contributed by atoms with Gasteiger partial charge in [0.05, 0.1) is 0 Å². The van der Waals surface area contributed by atoms with Gasteiger partial charge in [-0.25, -0.2) is 0 Å². The van der Waals surface area contributed by atoms with Crippen molar-refractivity contribution in [3.63, 3.8) is 0 Å². The fourth-order valence-electron chi connectivity index (χ4n) is 1.10. The molecule has 0 aliphatic rings. The molecule has 1 rings (SSSR count). The van der Waals surface area contributed by atoms with E-state index in [-0.39, 0.29) is 0 Å². The number of aryl methyl sites for hydroxylation is 2. The largest absolute Gasteiger partial charge is 0.0840 e. The summed E-state index contributed by atoms with van der Waals surface area (Å²) in [7, 11) is 0. The number of hydrogen-bond donors (Lipinski definition) is 0. The third-order valence-electron chi connectivity index (χ3n) is 1.84. The van der Waals surface area contributed by atoms with Crippen molar-refractivity contribution in [2.24, 2.45) is 0 Å². The summed E-state index contributed by atoms with van der Waals surface area (Å²) in [6, 6.07) is 5.02. The zero-order valence-corrected chi connectivity index (χ0v) is 8.76. The summed E-state index contributed by atoms with van der Waals surface area (Å²) < 4.78 is 0. The summed E-state index contributed by atoms with van der Waals surface area (Å²) in [5.41, 5.74) is 2.11. The Hall–Kier alpha value is -0.200. The van der Waals surface area contributed by atoms with Crippen LogP contribution in [0.1, 0.15) is 25.0 Å². The second-order valence-corrected chi connectivity index (χ2v) is 3.44. The monoisotopic (exact) mass is 201 g/mol. The molecule has 0 aliphatic carbocycles. The standard InChI is InChI=1S/C10H11Cl2/c1-3-7-5-8(4-2)10(12)6-9(7)11/h6H,3-4H2,1-2H3. The number of rotatable bonds is 2. The average Bonchev–Trinajstić information content (AvgIpc) is 2.05. The fourth-order valence-corrected chi connectivity index (χ4v) is 1.74. The van der Waals surface area contributed by atoms with Crippen molar-refractivity contribution in [2.75, 3.05) is 0 Å². The summed E-state index contributed by atoms with van der Waals surface area (Å²) in [5, 5.41) is 1.44. The zero-order chi connectivity index (χ0) is 9.14. The van der Waals surface area contributed by atoms with Crippen LogP contribution in [0.15, 0.2) is 6.07 Å². The van der Waals surface area contributed by atoms with Crippen LogP contribution in [-0.4, -0.2) is 0 Å². The van der Waals surface area contributed by atoms with Crippen LogP contribution < -0.4 is 0 Å². The summed E-state index contributed by atoms with van der Waals surface area (Å²) in [4.78, 5) is 0. The Labute approximate surface area is 83.5 Å². The van der Waals surface area contributed by atoms with Crippen LogP contribution in [0.3, 0.4) is 0 Å². The maximum Gasteiger partial charge on any atom is 0.0459 e. The molecule has 1 aromatic carbocycles. The van der Waals surface area contributed by atoms with Gasteiger partial charge in [0, 0.05) is 10.0 Å². The van der Waals surface area contributed by atoms with E-state index in [9.17, 15) is 0 Å². The molecule has 0 aromatic heterocycles. The van der Waals surface area contributed by atoms with Gasteiger partial charge >= 0.3 is 0 Å². The fraction of sp³-hybridized carbons (Fsp3) is 0.400. The Kier molecular flexibility index (Phi) is 3.42. The molecule has 0 spiro atoms. The molecule has 12 heavy (non-hydrogen) atoms. The summed E-state index contributed by atoms with van der Waals surface area (Å²) >= 11 is 11.9. The Balaban J connectivity index is 3.18. The molecule has 0 aliphatic heterocycles. The molecule has 0 saturated carbocycles. The first-order valence-corrected chi connectivity index (χ1v) is 4.83. The Bertz CT molecular complexity index is 254. The van der Waals surface area contributed by atoms with E-state index in [1.165, 1.54) is 0 Å². The third kappa shape index (κ3) is 1.94. The molecule has 0 fully saturated rings. The highest BCUT2D eigenvalue weighted by Gasteiger charge is 2.04. The normalized spacial score (nSPS) is 10.3. The van der Waals surface area contributed by atoms with Crippen molar-refractivity contribution in [2.45, 2.75) is 26.7 Å². The predicted molar refractivity (Wildman–Crippen MR) is 54.1 cm³/mol. The highest BCUT2D eigenvalue weighted by atomic mass is 35.5. The molecule has 65 valence electrons. The minimum atomic E-state index is 0.722. The van der Waals surface area contributed by atoms with Crippen LogP contribution in [0.2, 0.25) is 10.0 Å². The minimum Gasteiger partial charge on any atom is -0.0840 e. The summed E-state index contributed by atoms with van der Waals surface area (Å²) in [6.07, 6.45) is 1.81. The lowest BCUT2D eigenvalue weighted by molar-refractivity contribution is 1.08. The van der Waals surface area contributed by atoms with Gasteiger partial charge in [0.25, 0.3) is 0 Å². The molecule has 2 heteroatoms. The highest BCUT2D eigenvalue weighted by Crippen LogP contribution is 2.25. The molecule has 0 amide bonds. The van der Waals surface area contributed by atoms with Crippen LogP contribution >= 0.6 is 23.2 Å². The van der Waals surface area contributed by atoms with Gasteiger partial charge < -0.3 is 0 Å². The maximum atomic E-state index is 5.94. The molecule has 0 nitrogen and oxygen atoms in total. The molecule has 0 heterocycles. The summed E-state index contributed by atoms with van der Waals surface area (Å²) in [5.74, 6) is 0. The van der Waals surface area contributed by atoms with Gasteiger partial charge in [-0.1, -0.05) is 37.0 Å². The van der Waals surface area contributed by atoms with Crippen LogP contribution in [-0.2, 0) is 12.8 Å². The van der Waals surface area contributed by atoms with Crippen molar-refractivity contribution in [3.05, 3.63) is 33.3 Å². The maximum absolute atomic E-state index is 5.94. The average molecular weight is 202 g/mol. The lowest BCUT2D eigenvalue weighted by atomic mass is 10.1. The van der Waals surface area contributed by atoms with Gasteiger partial charge in [0.1, 0.15) is 0 Å².